The first-order valence-electron chi connectivity index (χ1n) is 9.88. The lowest BCUT2D eigenvalue weighted by Gasteiger charge is -2.26. The van der Waals surface area contributed by atoms with E-state index in [2.05, 4.69) is 25.8 Å². The van der Waals surface area contributed by atoms with E-state index in [1.165, 1.54) is 4.31 Å². The minimum Gasteiger partial charge on any atom is -0.375 e. The fourth-order valence-corrected chi connectivity index (χ4v) is 4.67. The van der Waals surface area contributed by atoms with Gasteiger partial charge in [-0.1, -0.05) is 63.2 Å². The number of ether oxygens (including phenoxy) is 1. The van der Waals surface area contributed by atoms with Crippen LogP contribution in [0.2, 0.25) is 0 Å². The van der Waals surface area contributed by atoms with E-state index >= 15 is 0 Å². The zero-order valence-corrected chi connectivity index (χ0v) is 18.0. The fraction of sp³-hybridized carbons (Fsp3) is 0.348. The maximum absolute atomic E-state index is 13.3. The first-order chi connectivity index (χ1) is 13.9. The molecule has 0 bridgehead atoms. The van der Waals surface area contributed by atoms with Gasteiger partial charge in [0.1, 0.15) is 4.90 Å². The van der Waals surface area contributed by atoms with Gasteiger partial charge < -0.3 is 4.74 Å². The SMILES string of the molecule is CC(C)C.O=S(=O)(c1cccc2cccnc12)N1CCOCc2ccccc2C1. The number of hydrogen-bond acceptors (Lipinski definition) is 4. The summed E-state index contributed by atoms with van der Waals surface area (Å²) in [5.74, 6) is 0.833. The summed E-state index contributed by atoms with van der Waals surface area (Å²) in [6.07, 6.45) is 1.62. The Bertz CT molecular complexity index is 1060. The Balaban J connectivity index is 0.000000552. The first-order valence-corrected chi connectivity index (χ1v) is 11.3. The molecule has 0 saturated heterocycles. The van der Waals surface area contributed by atoms with E-state index < -0.39 is 10.0 Å². The van der Waals surface area contributed by atoms with Gasteiger partial charge in [-0.25, -0.2) is 8.42 Å². The first kappa shape index (κ1) is 21.4. The van der Waals surface area contributed by atoms with Crippen molar-refractivity contribution < 1.29 is 13.2 Å². The molecule has 0 aliphatic carbocycles. The highest BCUT2D eigenvalue weighted by Crippen LogP contribution is 2.26. The van der Waals surface area contributed by atoms with Crippen LogP contribution in [0.1, 0.15) is 31.9 Å². The van der Waals surface area contributed by atoms with Crippen molar-refractivity contribution in [3.8, 4) is 0 Å². The summed E-state index contributed by atoms with van der Waals surface area (Å²) < 4.78 is 33.7. The van der Waals surface area contributed by atoms with E-state index in [0.717, 1.165) is 22.4 Å². The predicted octanol–water partition coefficient (Wildman–Crippen LogP) is 4.62. The number of hydrogen-bond donors (Lipinski definition) is 0. The topological polar surface area (TPSA) is 59.5 Å². The third kappa shape index (κ3) is 5.21. The van der Waals surface area contributed by atoms with Crippen molar-refractivity contribution in [2.45, 2.75) is 38.8 Å². The van der Waals surface area contributed by atoms with Crippen molar-refractivity contribution in [2.24, 2.45) is 5.92 Å². The number of fused-ring (bicyclic) bond motifs is 2. The Morgan fingerprint density at radius 3 is 2.41 bits per heavy atom. The molecule has 0 amide bonds. The number of pyridine rings is 1. The van der Waals surface area contributed by atoms with Crippen LogP contribution in [-0.4, -0.2) is 30.9 Å². The van der Waals surface area contributed by atoms with Gasteiger partial charge in [-0.2, -0.15) is 4.31 Å². The van der Waals surface area contributed by atoms with E-state index in [-0.39, 0.29) is 4.90 Å². The Morgan fingerprint density at radius 1 is 0.966 bits per heavy atom. The molecule has 5 nitrogen and oxygen atoms in total. The zero-order valence-electron chi connectivity index (χ0n) is 17.2. The number of para-hydroxylation sites is 1. The van der Waals surface area contributed by atoms with E-state index in [9.17, 15) is 8.42 Å². The predicted molar refractivity (Wildman–Crippen MR) is 116 cm³/mol. The summed E-state index contributed by atoms with van der Waals surface area (Å²) in [6.45, 7) is 8.04. The maximum atomic E-state index is 13.3. The Morgan fingerprint density at radius 2 is 1.66 bits per heavy atom. The van der Waals surface area contributed by atoms with Crippen molar-refractivity contribution in [1.82, 2.24) is 9.29 Å². The molecule has 0 spiro atoms. The lowest BCUT2D eigenvalue weighted by Crippen LogP contribution is -2.35. The van der Waals surface area contributed by atoms with Crippen molar-refractivity contribution in [1.29, 1.82) is 0 Å². The van der Waals surface area contributed by atoms with Crippen LogP contribution >= 0.6 is 0 Å². The van der Waals surface area contributed by atoms with Gasteiger partial charge in [0.2, 0.25) is 10.0 Å². The molecule has 0 saturated carbocycles. The Hall–Kier alpha value is -2.28. The van der Waals surface area contributed by atoms with Crippen LogP contribution in [0.5, 0.6) is 0 Å². The lowest BCUT2D eigenvalue weighted by atomic mass is 10.1. The third-order valence-corrected chi connectivity index (χ3v) is 6.30. The smallest absolute Gasteiger partial charge is 0.245 e. The molecule has 1 aliphatic heterocycles. The summed E-state index contributed by atoms with van der Waals surface area (Å²) in [6, 6.07) is 16.7. The van der Waals surface area contributed by atoms with Gasteiger partial charge in [0.15, 0.2) is 0 Å². The van der Waals surface area contributed by atoms with Crippen molar-refractivity contribution in [2.75, 3.05) is 13.2 Å². The monoisotopic (exact) mass is 412 g/mol. The quantitative estimate of drug-likeness (QED) is 0.616. The van der Waals surface area contributed by atoms with Gasteiger partial charge in [0.05, 0.1) is 18.7 Å². The average molecular weight is 413 g/mol. The second-order valence-electron chi connectivity index (χ2n) is 7.72. The highest BCUT2D eigenvalue weighted by Gasteiger charge is 2.28. The van der Waals surface area contributed by atoms with E-state index in [1.54, 1.807) is 24.4 Å². The zero-order chi connectivity index (χ0) is 20.9. The molecule has 1 aromatic heterocycles. The van der Waals surface area contributed by atoms with Crippen molar-refractivity contribution in [3.05, 3.63) is 71.9 Å². The second-order valence-corrected chi connectivity index (χ2v) is 9.63. The molecule has 2 heterocycles. The Labute approximate surface area is 173 Å². The van der Waals surface area contributed by atoms with E-state index in [4.69, 9.17) is 4.74 Å². The van der Waals surface area contributed by atoms with Gasteiger partial charge in [-0.05, 0) is 29.2 Å². The molecule has 29 heavy (non-hydrogen) atoms. The maximum Gasteiger partial charge on any atom is 0.245 e. The van der Waals surface area contributed by atoms with Gasteiger partial charge in [0.25, 0.3) is 0 Å². The third-order valence-electron chi connectivity index (χ3n) is 4.42. The minimum absolute atomic E-state index is 0.239. The van der Waals surface area contributed by atoms with Crippen molar-refractivity contribution in [3.63, 3.8) is 0 Å². The minimum atomic E-state index is -3.68. The largest absolute Gasteiger partial charge is 0.375 e. The summed E-state index contributed by atoms with van der Waals surface area (Å²) in [5, 5.41) is 0.812. The van der Waals surface area contributed by atoms with Crippen LogP contribution < -0.4 is 0 Å². The summed E-state index contributed by atoms with van der Waals surface area (Å²) >= 11 is 0. The van der Waals surface area contributed by atoms with Gasteiger partial charge in [-0.15, -0.1) is 0 Å². The summed E-state index contributed by atoms with van der Waals surface area (Å²) in [7, 11) is -3.68. The highest BCUT2D eigenvalue weighted by molar-refractivity contribution is 7.89. The molecule has 4 rings (SSSR count). The number of rotatable bonds is 2. The molecule has 0 N–H and O–H groups in total. The van der Waals surface area contributed by atoms with Gasteiger partial charge in [0, 0.05) is 24.7 Å². The van der Waals surface area contributed by atoms with Crippen LogP contribution in [0.3, 0.4) is 0 Å². The van der Waals surface area contributed by atoms with E-state index in [1.807, 2.05) is 36.4 Å². The summed E-state index contributed by atoms with van der Waals surface area (Å²) in [4.78, 5) is 4.53. The molecule has 1 aliphatic rings. The van der Waals surface area contributed by atoms with E-state index in [0.29, 0.717) is 31.8 Å². The molecular weight excluding hydrogens is 384 g/mol. The molecule has 0 radical (unpaired) electrons. The molecule has 6 heteroatoms. The second kappa shape index (κ2) is 9.48. The normalized spacial score (nSPS) is 15.2. The number of benzene rings is 2. The number of sulfonamides is 1. The molecule has 2 aromatic carbocycles. The summed E-state index contributed by atoms with van der Waals surface area (Å²) in [5.41, 5.74) is 2.50. The van der Waals surface area contributed by atoms with Crippen LogP contribution in [0.4, 0.5) is 0 Å². The number of nitrogens with zero attached hydrogens (tertiary/aromatic N) is 2. The Kier molecular flexibility index (Phi) is 7.00. The molecule has 154 valence electrons. The molecular formula is C23H28N2O3S. The molecule has 0 unspecified atom stereocenters. The van der Waals surface area contributed by atoms with Crippen molar-refractivity contribution >= 4 is 20.9 Å². The van der Waals surface area contributed by atoms with Crippen LogP contribution in [0, 0.1) is 5.92 Å². The van der Waals surface area contributed by atoms with Crippen LogP contribution in [0.25, 0.3) is 10.9 Å². The van der Waals surface area contributed by atoms with Crippen LogP contribution in [-0.2, 0) is 27.9 Å². The van der Waals surface area contributed by atoms with Gasteiger partial charge >= 0.3 is 0 Å². The van der Waals surface area contributed by atoms with Gasteiger partial charge in [-0.3, -0.25) is 4.98 Å². The molecule has 0 atom stereocenters. The van der Waals surface area contributed by atoms with Crippen LogP contribution in [0.15, 0.2) is 65.7 Å². The molecule has 3 aromatic rings. The number of aromatic nitrogens is 1. The lowest BCUT2D eigenvalue weighted by molar-refractivity contribution is 0.102. The standard InChI is InChI=1S/C19H18N2O3S.C4H10/c22-25(23,18-9-3-7-15-8-4-10-20-19(15)18)21-11-12-24-14-17-6-2-1-5-16(17)13-21;1-4(2)3/h1-10H,11-14H2;4H,1-3H3. The fourth-order valence-electron chi connectivity index (χ4n) is 3.10. The average Bonchev–Trinajstić information content (AvgIpc) is 2.67. The highest BCUT2D eigenvalue weighted by atomic mass is 32.2. The molecule has 0 fully saturated rings.